The molecule has 1 nitrogen and oxygen atoms in total. The minimum Gasteiger partial charge on any atom is -0.489 e. The van der Waals surface area contributed by atoms with E-state index < -0.39 is 0 Å². The molecule has 0 aliphatic carbocycles. The molecule has 0 spiro atoms. The van der Waals surface area contributed by atoms with Gasteiger partial charge in [0.05, 0.1) is 0 Å². The maximum atomic E-state index is 5.79. The van der Waals surface area contributed by atoms with Gasteiger partial charge in [0.2, 0.25) is 0 Å². The van der Waals surface area contributed by atoms with Crippen LogP contribution in [-0.2, 0) is 13.0 Å². The predicted molar refractivity (Wildman–Crippen MR) is 89.6 cm³/mol. The normalized spacial score (nSPS) is 10.2. The summed E-state index contributed by atoms with van der Waals surface area (Å²) in [5, 5.41) is 0. The summed E-state index contributed by atoms with van der Waals surface area (Å²) in [6.07, 6.45) is 5.80. The van der Waals surface area contributed by atoms with Crippen LogP contribution < -0.4 is 4.74 Å². The first-order valence-electron chi connectivity index (χ1n) is 7.63. The van der Waals surface area contributed by atoms with E-state index in [1.807, 2.05) is 18.2 Å². The summed E-state index contributed by atoms with van der Waals surface area (Å²) in [4.78, 5) is 0. The highest BCUT2D eigenvalue weighted by Crippen LogP contribution is 2.15. The third-order valence-corrected chi connectivity index (χ3v) is 3.39. The molecule has 0 saturated carbocycles. The van der Waals surface area contributed by atoms with Gasteiger partial charge in [-0.05, 0) is 56.4 Å². The Kier molecular flexibility index (Phi) is 6.08. The summed E-state index contributed by atoms with van der Waals surface area (Å²) in [5.41, 5.74) is 3.98. The van der Waals surface area contributed by atoms with Gasteiger partial charge < -0.3 is 4.74 Å². The maximum Gasteiger partial charge on any atom is 0.119 e. The smallest absolute Gasteiger partial charge is 0.119 e. The summed E-state index contributed by atoms with van der Waals surface area (Å²) < 4.78 is 5.79. The molecule has 0 radical (unpaired) electrons. The maximum absolute atomic E-state index is 5.79. The Balaban J connectivity index is 1.78. The van der Waals surface area contributed by atoms with E-state index in [0.717, 1.165) is 18.6 Å². The SMILES string of the molecule is CC(C)=CCCCc1ccc(OCc2ccccc2)cc1. The van der Waals surface area contributed by atoms with Gasteiger partial charge in [-0.1, -0.05) is 54.1 Å². The van der Waals surface area contributed by atoms with E-state index in [-0.39, 0.29) is 0 Å². The molecule has 2 aromatic rings. The highest BCUT2D eigenvalue weighted by atomic mass is 16.5. The molecule has 1 heteroatoms. The van der Waals surface area contributed by atoms with Crippen LogP contribution in [0.1, 0.15) is 37.8 Å². The van der Waals surface area contributed by atoms with Crippen LogP contribution in [0.3, 0.4) is 0 Å². The summed E-state index contributed by atoms with van der Waals surface area (Å²) in [7, 11) is 0. The van der Waals surface area contributed by atoms with Crippen molar-refractivity contribution in [1.29, 1.82) is 0 Å². The fraction of sp³-hybridized carbons (Fsp3) is 0.300. The molecule has 0 N–H and O–H groups in total. The number of ether oxygens (including phenoxy) is 1. The second-order valence-electron chi connectivity index (χ2n) is 5.59. The second-order valence-corrected chi connectivity index (χ2v) is 5.59. The van der Waals surface area contributed by atoms with Crippen molar-refractivity contribution in [2.24, 2.45) is 0 Å². The first-order valence-corrected chi connectivity index (χ1v) is 7.63. The zero-order chi connectivity index (χ0) is 14.9. The largest absolute Gasteiger partial charge is 0.489 e. The van der Waals surface area contributed by atoms with Crippen molar-refractivity contribution in [3.63, 3.8) is 0 Å². The van der Waals surface area contributed by atoms with E-state index >= 15 is 0 Å². The Labute approximate surface area is 128 Å². The van der Waals surface area contributed by atoms with Gasteiger partial charge in [0.25, 0.3) is 0 Å². The first-order chi connectivity index (χ1) is 10.2. The third kappa shape index (κ3) is 5.86. The van der Waals surface area contributed by atoms with Crippen molar-refractivity contribution in [2.75, 3.05) is 0 Å². The number of hydrogen-bond acceptors (Lipinski definition) is 1. The molecule has 21 heavy (non-hydrogen) atoms. The fourth-order valence-corrected chi connectivity index (χ4v) is 2.19. The van der Waals surface area contributed by atoms with Crippen molar-refractivity contribution < 1.29 is 4.74 Å². The van der Waals surface area contributed by atoms with E-state index in [9.17, 15) is 0 Å². The monoisotopic (exact) mass is 280 g/mol. The minimum atomic E-state index is 0.626. The van der Waals surface area contributed by atoms with Gasteiger partial charge in [-0.25, -0.2) is 0 Å². The molecular weight excluding hydrogens is 256 g/mol. The molecule has 2 aromatic carbocycles. The lowest BCUT2D eigenvalue weighted by Crippen LogP contribution is -1.95. The minimum absolute atomic E-state index is 0.626. The molecule has 0 atom stereocenters. The van der Waals surface area contributed by atoms with Gasteiger partial charge in [0.15, 0.2) is 0 Å². The number of benzene rings is 2. The van der Waals surface area contributed by atoms with Crippen LogP contribution >= 0.6 is 0 Å². The third-order valence-electron chi connectivity index (χ3n) is 3.39. The van der Waals surface area contributed by atoms with E-state index in [1.54, 1.807) is 0 Å². The molecule has 0 saturated heterocycles. The number of rotatable bonds is 7. The predicted octanol–water partition coefficient (Wildman–Crippen LogP) is 5.55. The highest BCUT2D eigenvalue weighted by Gasteiger charge is 1.97. The van der Waals surface area contributed by atoms with Crippen molar-refractivity contribution >= 4 is 0 Å². The van der Waals surface area contributed by atoms with Crippen LogP contribution in [0.2, 0.25) is 0 Å². The van der Waals surface area contributed by atoms with E-state index in [2.05, 4.69) is 56.3 Å². The van der Waals surface area contributed by atoms with Crippen molar-refractivity contribution in [2.45, 2.75) is 39.7 Å². The number of hydrogen-bond donors (Lipinski definition) is 0. The Morgan fingerprint density at radius 3 is 2.29 bits per heavy atom. The Morgan fingerprint density at radius 2 is 1.62 bits per heavy atom. The number of aryl methyl sites for hydroxylation is 1. The molecule has 0 aliphatic rings. The van der Waals surface area contributed by atoms with E-state index in [4.69, 9.17) is 4.74 Å². The van der Waals surface area contributed by atoms with Gasteiger partial charge >= 0.3 is 0 Å². The van der Waals surface area contributed by atoms with Crippen LogP contribution in [-0.4, -0.2) is 0 Å². The average Bonchev–Trinajstić information content (AvgIpc) is 2.51. The Hall–Kier alpha value is -2.02. The second kappa shape index (κ2) is 8.31. The molecule has 2 rings (SSSR count). The highest BCUT2D eigenvalue weighted by molar-refractivity contribution is 5.28. The summed E-state index contributed by atoms with van der Waals surface area (Å²) >= 11 is 0. The topological polar surface area (TPSA) is 9.23 Å². The van der Waals surface area contributed by atoms with E-state index in [0.29, 0.717) is 6.61 Å². The molecule has 0 bridgehead atoms. The molecule has 0 aromatic heterocycles. The zero-order valence-corrected chi connectivity index (χ0v) is 13.0. The Bertz CT molecular complexity index is 548. The van der Waals surface area contributed by atoms with Crippen molar-refractivity contribution in [3.05, 3.63) is 77.4 Å². The number of unbranched alkanes of at least 4 members (excludes halogenated alkanes) is 1. The lowest BCUT2D eigenvalue weighted by Gasteiger charge is -2.07. The lowest BCUT2D eigenvalue weighted by molar-refractivity contribution is 0.306. The molecule has 0 aliphatic heterocycles. The van der Waals surface area contributed by atoms with Gasteiger partial charge in [0, 0.05) is 0 Å². The van der Waals surface area contributed by atoms with E-state index in [1.165, 1.54) is 23.1 Å². The van der Waals surface area contributed by atoms with Crippen LogP contribution in [0.5, 0.6) is 5.75 Å². The fourth-order valence-electron chi connectivity index (χ4n) is 2.19. The van der Waals surface area contributed by atoms with Gasteiger partial charge in [0.1, 0.15) is 12.4 Å². The van der Waals surface area contributed by atoms with Gasteiger partial charge in [-0.15, -0.1) is 0 Å². The standard InChI is InChI=1S/C20H24O/c1-17(2)8-6-7-9-18-12-14-20(15-13-18)21-16-19-10-4-3-5-11-19/h3-5,8,10-15H,6-7,9,16H2,1-2H3. The summed E-state index contributed by atoms with van der Waals surface area (Å²) in [6, 6.07) is 18.7. The molecule has 0 fully saturated rings. The molecule has 0 unspecified atom stereocenters. The molecule has 0 amide bonds. The zero-order valence-electron chi connectivity index (χ0n) is 13.0. The summed E-state index contributed by atoms with van der Waals surface area (Å²) in [5.74, 6) is 0.937. The molecular formula is C20H24O. The lowest BCUT2D eigenvalue weighted by atomic mass is 10.1. The Morgan fingerprint density at radius 1 is 0.905 bits per heavy atom. The quantitative estimate of drug-likeness (QED) is 0.477. The summed E-state index contributed by atoms with van der Waals surface area (Å²) in [6.45, 7) is 4.93. The first kappa shape index (κ1) is 15.4. The average molecular weight is 280 g/mol. The van der Waals surface area contributed by atoms with Crippen LogP contribution in [0.4, 0.5) is 0 Å². The van der Waals surface area contributed by atoms with Gasteiger partial charge in [-0.2, -0.15) is 0 Å². The molecule has 0 heterocycles. The van der Waals surface area contributed by atoms with Crippen molar-refractivity contribution in [3.8, 4) is 5.75 Å². The van der Waals surface area contributed by atoms with Crippen LogP contribution in [0, 0.1) is 0 Å². The van der Waals surface area contributed by atoms with Crippen LogP contribution in [0.15, 0.2) is 66.2 Å². The van der Waals surface area contributed by atoms with Crippen LogP contribution in [0.25, 0.3) is 0 Å². The van der Waals surface area contributed by atoms with Crippen molar-refractivity contribution in [1.82, 2.24) is 0 Å². The van der Waals surface area contributed by atoms with Gasteiger partial charge in [-0.3, -0.25) is 0 Å². The number of allylic oxidation sites excluding steroid dienone is 2. The molecule has 110 valence electrons.